The molecule has 1 aromatic rings. The average molecular weight is 260 g/mol. The van der Waals surface area contributed by atoms with Gasteiger partial charge in [-0.15, -0.1) is 11.8 Å². The van der Waals surface area contributed by atoms with Crippen LogP contribution < -0.4 is 5.73 Å². The van der Waals surface area contributed by atoms with E-state index < -0.39 is 6.04 Å². The van der Waals surface area contributed by atoms with Crippen LogP contribution in [0, 0.1) is 0 Å². The van der Waals surface area contributed by atoms with Crippen LogP contribution in [0.1, 0.15) is 6.42 Å². The molecule has 2 N–H and O–H groups in total. The Kier molecular flexibility index (Phi) is 5.66. The lowest BCUT2D eigenvalue weighted by Crippen LogP contribution is -2.31. The molecule has 0 bridgehead atoms. The van der Waals surface area contributed by atoms with Gasteiger partial charge in [-0.3, -0.25) is 4.79 Å². The second-order valence-electron chi connectivity index (χ2n) is 3.22. The second kappa shape index (κ2) is 6.78. The minimum Gasteiger partial charge on any atom is -0.468 e. The van der Waals surface area contributed by atoms with Crippen LogP contribution in [-0.2, 0) is 9.53 Å². The molecule has 16 heavy (non-hydrogen) atoms. The van der Waals surface area contributed by atoms with Gasteiger partial charge in [-0.2, -0.15) is 0 Å². The van der Waals surface area contributed by atoms with E-state index in [1.165, 1.54) is 7.11 Å². The molecule has 0 aliphatic heterocycles. The Balaban J connectivity index is 2.33. The predicted octanol–water partition coefficient (Wildman–Crippen LogP) is 2.32. The first kappa shape index (κ1) is 13.4. The fourth-order valence-electron chi connectivity index (χ4n) is 1.13. The highest BCUT2D eigenvalue weighted by Gasteiger charge is 2.12. The fourth-order valence-corrected chi connectivity index (χ4v) is 2.38. The van der Waals surface area contributed by atoms with Crippen LogP contribution in [0.25, 0.3) is 0 Å². The lowest BCUT2D eigenvalue weighted by Gasteiger charge is -2.08. The van der Waals surface area contributed by atoms with Gasteiger partial charge in [0.25, 0.3) is 0 Å². The normalized spacial score (nSPS) is 12.2. The van der Waals surface area contributed by atoms with Crippen molar-refractivity contribution in [2.75, 3.05) is 12.9 Å². The Morgan fingerprint density at radius 2 is 2.38 bits per heavy atom. The zero-order valence-corrected chi connectivity index (χ0v) is 10.6. The van der Waals surface area contributed by atoms with Gasteiger partial charge in [-0.05, 0) is 24.6 Å². The summed E-state index contributed by atoms with van der Waals surface area (Å²) in [5.41, 5.74) is 5.61. The Morgan fingerprint density at radius 3 is 3.00 bits per heavy atom. The molecular weight excluding hydrogens is 246 g/mol. The summed E-state index contributed by atoms with van der Waals surface area (Å²) in [6, 6.07) is 7.03. The van der Waals surface area contributed by atoms with Crippen LogP contribution in [0.2, 0.25) is 5.02 Å². The summed E-state index contributed by atoms with van der Waals surface area (Å²) in [6.07, 6.45) is 0.587. The lowest BCUT2D eigenvalue weighted by molar-refractivity contribution is -0.142. The molecule has 0 aromatic heterocycles. The molecule has 1 aromatic carbocycles. The first-order chi connectivity index (χ1) is 7.63. The van der Waals surface area contributed by atoms with Gasteiger partial charge < -0.3 is 10.5 Å². The molecule has 0 aliphatic carbocycles. The van der Waals surface area contributed by atoms with E-state index >= 15 is 0 Å². The van der Waals surface area contributed by atoms with Crippen molar-refractivity contribution in [3.05, 3.63) is 29.3 Å². The summed E-state index contributed by atoms with van der Waals surface area (Å²) in [4.78, 5) is 12.1. The van der Waals surface area contributed by atoms with Crippen LogP contribution in [-0.4, -0.2) is 24.9 Å². The van der Waals surface area contributed by atoms with Crippen LogP contribution in [0.5, 0.6) is 0 Å². The standard InChI is InChI=1S/C11H14ClNO2S/c1-15-11(14)10(13)5-6-16-9-4-2-3-8(12)7-9/h2-4,7,10H,5-6,13H2,1H3. The molecule has 5 heteroatoms. The molecule has 0 heterocycles. The minimum atomic E-state index is -0.545. The summed E-state index contributed by atoms with van der Waals surface area (Å²) in [6.45, 7) is 0. The van der Waals surface area contributed by atoms with Crippen molar-refractivity contribution >= 4 is 29.3 Å². The number of thioether (sulfide) groups is 1. The Labute approximate surface area is 104 Å². The molecule has 1 atom stereocenters. The number of esters is 1. The number of ether oxygens (including phenoxy) is 1. The quantitative estimate of drug-likeness (QED) is 0.651. The van der Waals surface area contributed by atoms with Gasteiger partial charge in [0.15, 0.2) is 0 Å². The number of halogens is 1. The highest BCUT2D eigenvalue weighted by Crippen LogP contribution is 2.22. The number of methoxy groups -OCH3 is 1. The molecule has 0 spiro atoms. The SMILES string of the molecule is COC(=O)C(N)CCSc1cccc(Cl)c1. The Morgan fingerprint density at radius 1 is 1.62 bits per heavy atom. The molecule has 0 fully saturated rings. The third-order valence-electron chi connectivity index (χ3n) is 2.00. The molecule has 0 aliphatic rings. The Hall–Kier alpha value is -0.710. The van der Waals surface area contributed by atoms with Crippen molar-refractivity contribution in [2.45, 2.75) is 17.4 Å². The van der Waals surface area contributed by atoms with Crippen LogP contribution in [0.15, 0.2) is 29.2 Å². The maximum Gasteiger partial charge on any atom is 0.322 e. The summed E-state index contributed by atoms with van der Waals surface area (Å²) in [5, 5.41) is 0.710. The van der Waals surface area contributed by atoms with Gasteiger partial charge in [-0.25, -0.2) is 0 Å². The lowest BCUT2D eigenvalue weighted by atomic mass is 10.2. The van der Waals surface area contributed by atoms with Gasteiger partial charge in [-0.1, -0.05) is 17.7 Å². The Bertz CT molecular complexity index is 360. The monoisotopic (exact) mass is 259 g/mol. The maximum absolute atomic E-state index is 11.0. The maximum atomic E-state index is 11.0. The molecule has 1 unspecified atom stereocenters. The summed E-state index contributed by atoms with van der Waals surface area (Å²) < 4.78 is 4.54. The van der Waals surface area contributed by atoms with Crippen molar-refractivity contribution in [1.82, 2.24) is 0 Å². The highest BCUT2D eigenvalue weighted by atomic mass is 35.5. The zero-order valence-electron chi connectivity index (χ0n) is 8.98. The average Bonchev–Trinajstić information content (AvgIpc) is 2.28. The van der Waals surface area contributed by atoms with E-state index in [1.807, 2.05) is 24.3 Å². The number of hydrogen-bond acceptors (Lipinski definition) is 4. The summed E-state index contributed by atoms with van der Waals surface area (Å²) in [7, 11) is 1.34. The molecule has 0 saturated heterocycles. The van der Waals surface area contributed by atoms with Gasteiger partial charge in [0, 0.05) is 15.7 Å². The van der Waals surface area contributed by atoms with Crippen molar-refractivity contribution in [2.24, 2.45) is 5.73 Å². The first-order valence-electron chi connectivity index (χ1n) is 4.85. The number of benzene rings is 1. The van der Waals surface area contributed by atoms with Crippen molar-refractivity contribution in [3.8, 4) is 0 Å². The van der Waals surface area contributed by atoms with E-state index in [1.54, 1.807) is 11.8 Å². The van der Waals surface area contributed by atoms with Crippen molar-refractivity contribution in [1.29, 1.82) is 0 Å². The smallest absolute Gasteiger partial charge is 0.322 e. The predicted molar refractivity (Wildman–Crippen MR) is 66.8 cm³/mol. The summed E-state index contributed by atoms with van der Waals surface area (Å²) in [5.74, 6) is 0.392. The number of nitrogens with two attached hydrogens (primary N) is 1. The molecular formula is C11H14ClNO2S. The topological polar surface area (TPSA) is 52.3 Å². The van der Waals surface area contributed by atoms with Crippen molar-refractivity contribution in [3.63, 3.8) is 0 Å². The molecule has 0 radical (unpaired) electrons. The molecule has 0 saturated carbocycles. The zero-order chi connectivity index (χ0) is 12.0. The largest absolute Gasteiger partial charge is 0.468 e. The molecule has 1 rings (SSSR count). The molecule has 0 amide bonds. The van der Waals surface area contributed by atoms with Gasteiger partial charge in [0.2, 0.25) is 0 Å². The van der Waals surface area contributed by atoms with E-state index in [0.717, 1.165) is 10.6 Å². The van der Waals surface area contributed by atoms with Gasteiger partial charge in [0.1, 0.15) is 6.04 Å². The van der Waals surface area contributed by atoms with E-state index in [-0.39, 0.29) is 5.97 Å². The first-order valence-corrected chi connectivity index (χ1v) is 6.21. The number of carbonyl (C=O) groups excluding carboxylic acids is 1. The number of rotatable bonds is 5. The van der Waals surface area contributed by atoms with Crippen LogP contribution in [0.3, 0.4) is 0 Å². The highest BCUT2D eigenvalue weighted by molar-refractivity contribution is 7.99. The van der Waals surface area contributed by atoms with Crippen LogP contribution >= 0.6 is 23.4 Å². The fraction of sp³-hybridized carbons (Fsp3) is 0.364. The molecule has 88 valence electrons. The minimum absolute atomic E-state index is 0.369. The molecule has 3 nitrogen and oxygen atoms in total. The number of hydrogen-bond donors (Lipinski definition) is 1. The third-order valence-corrected chi connectivity index (χ3v) is 3.26. The number of carbonyl (C=O) groups is 1. The van der Waals surface area contributed by atoms with E-state index in [4.69, 9.17) is 17.3 Å². The second-order valence-corrected chi connectivity index (χ2v) is 4.83. The van der Waals surface area contributed by atoms with Gasteiger partial charge in [0.05, 0.1) is 7.11 Å². The third kappa shape index (κ3) is 4.43. The van der Waals surface area contributed by atoms with E-state index in [2.05, 4.69) is 4.74 Å². The van der Waals surface area contributed by atoms with Crippen LogP contribution in [0.4, 0.5) is 0 Å². The van der Waals surface area contributed by atoms with Crippen molar-refractivity contribution < 1.29 is 9.53 Å². The van der Waals surface area contributed by atoms with E-state index in [9.17, 15) is 4.79 Å². The van der Waals surface area contributed by atoms with Gasteiger partial charge >= 0.3 is 5.97 Å². The summed E-state index contributed by atoms with van der Waals surface area (Å²) >= 11 is 7.47. The van der Waals surface area contributed by atoms with E-state index in [0.29, 0.717) is 11.4 Å².